The second-order valence-corrected chi connectivity index (χ2v) is 7.49. The molecule has 29 heavy (non-hydrogen) atoms. The molecular formula is C23H29N5O. The third kappa shape index (κ3) is 5.67. The summed E-state index contributed by atoms with van der Waals surface area (Å²) in [5.74, 6) is -0.0910. The summed E-state index contributed by atoms with van der Waals surface area (Å²) in [5, 5.41) is 11.8. The zero-order valence-corrected chi connectivity index (χ0v) is 17.6. The van der Waals surface area contributed by atoms with Crippen LogP contribution in [0.4, 0.5) is 0 Å². The first-order valence-electron chi connectivity index (χ1n) is 9.97. The van der Waals surface area contributed by atoms with Gasteiger partial charge in [-0.15, -0.1) is 0 Å². The van der Waals surface area contributed by atoms with Gasteiger partial charge in [0, 0.05) is 36.6 Å². The molecule has 6 heteroatoms. The summed E-state index contributed by atoms with van der Waals surface area (Å²) < 4.78 is 3.89. The molecule has 0 spiro atoms. The summed E-state index contributed by atoms with van der Waals surface area (Å²) in [4.78, 5) is 12.1. The Balaban J connectivity index is 1.53. The standard InChI is InChI=1S/C23H29N5O/c1-17-6-8-21(9-7-17)16-28-20(4)22(19(3)26-28)10-11-23(29)24-12-5-13-27-15-18(2)14-25-27/h6-11,14-15H,5,12-13,16H2,1-4H3,(H,24,29)/b11-10+. The van der Waals surface area contributed by atoms with Gasteiger partial charge in [0.25, 0.3) is 0 Å². The van der Waals surface area contributed by atoms with E-state index in [0.717, 1.165) is 42.0 Å². The lowest BCUT2D eigenvalue weighted by Crippen LogP contribution is -2.23. The molecule has 0 radical (unpaired) electrons. The fourth-order valence-corrected chi connectivity index (χ4v) is 3.23. The van der Waals surface area contributed by atoms with Gasteiger partial charge < -0.3 is 5.32 Å². The van der Waals surface area contributed by atoms with Gasteiger partial charge in [0.1, 0.15) is 0 Å². The molecule has 3 aromatic rings. The quantitative estimate of drug-likeness (QED) is 0.471. The van der Waals surface area contributed by atoms with E-state index in [0.29, 0.717) is 6.54 Å². The minimum atomic E-state index is -0.0910. The van der Waals surface area contributed by atoms with Crippen LogP contribution in [0.3, 0.4) is 0 Å². The van der Waals surface area contributed by atoms with Crippen LogP contribution in [0, 0.1) is 27.7 Å². The predicted octanol–water partition coefficient (Wildman–Crippen LogP) is 3.58. The van der Waals surface area contributed by atoms with Gasteiger partial charge in [-0.05, 0) is 51.3 Å². The second-order valence-electron chi connectivity index (χ2n) is 7.49. The van der Waals surface area contributed by atoms with Gasteiger partial charge in [-0.1, -0.05) is 29.8 Å². The summed E-state index contributed by atoms with van der Waals surface area (Å²) in [6.07, 6.45) is 8.13. The van der Waals surface area contributed by atoms with Crippen molar-refractivity contribution in [2.24, 2.45) is 0 Å². The molecule has 0 aliphatic rings. The molecule has 152 valence electrons. The molecule has 2 heterocycles. The maximum Gasteiger partial charge on any atom is 0.244 e. The van der Waals surface area contributed by atoms with Crippen molar-refractivity contribution in [3.63, 3.8) is 0 Å². The van der Waals surface area contributed by atoms with Crippen LogP contribution in [0.5, 0.6) is 0 Å². The zero-order valence-electron chi connectivity index (χ0n) is 17.6. The SMILES string of the molecule is Cc1ccc(Cn2nc(C)c(/C=C/C(=O)NCCCn3cc(C)cn3)c2C)cc1. The Morgan fingerprint density at radius 3 is 2.55 bits per heavy atom. The fraction of sp³-hybridized carbons (Fsp3) is 0.348. The van der Waals surface area contributed by atoms with Crippen LogP contribution in [-0.2, 0) is 17.9 Å². The summed E-state index contributed by atoms with van der Waals surface area (Å²) in [6, 6.07) is 8.47. The molecule has 1 aromatic carbocycles. The molecule has 0 fully saturated rings. The van der Waals surface area contributed by atoms with E-state index in [2.05, 4.69) is 46.7 Å². The molecule has 0 atom stereocenters. The number of aromatic nitrogens is 4. The van der Waals surface area contributed by atoms with Gasteiger partial charge in [0.05, 0.1) is 18.4 Å². The lowest BCUT2D eigenvalue weighted by atomic mass is 10.1. The number of carbonyl (C=O) groups excluding carboxylic acids is 1. The van der Waals surface area contributed by atoms with Gasteiger partial charge in [0.2, 0.25) is 5.91 Å². The van der Waals surface area contributed by atoms with Crippen LogP contribution in [0.1, 0.15) is 40.1 Å². The molecule has 0 aliphatic heterocycles. The summed E-state index contributed by atoms with van der Waals surface area (Å²) in [5.41, 5.74) is 6.58. The minimum absolute atomic E-state index is 0.0910. The van der Waals surface area contributed by atoms with Crippen molar-refractivity contribution >= 4 is 12.0 Å². The van der Waals surface area contributed by atoms with Crippen LogP contribution in [0.15, 0.2) is 42.7 Å². The van der Waals surface area contributed by atoms with Crippen molar-refractivity contribution in [3.8, 4) is 0 Å². The van der Waals surface area contributed by atoms with E-state index in [1.165, 1.54) is 11.1 Å². The van der Waals surface area contributed by atoms with Crippen LogP contribution in [-0.4, -0.2) is 32.0 Å². The minimum Gasteiger partial charge on any atom is -0.352 e. The van der Waals surface area contributed by atoms with E-state index in [4.69, 9.17) is 0 Å². The maximum atomic E-state index is 12.1. The van der Waals surface area contributed by atoms with Gasteiger partial charge in [0.15, 0.2) is 0 Å². The van der Waals surface area contributed by atoms with Gasteiger partial charge >= 0.3 is 0 Å². The number of benzene rings is 1. The molecule has 0 unspecified atom stereocenters. The van der Waals surface area contributed by atoms with Crippen molar-refractivity contribution in [3.05, 3.63) is 76.4 Å². The van der Waals surface area contributed by atoms with E-state index in [1.807, 2.05) is 48.6 Å². The first-order valence-corrected chi connectivity index (χ1v) is 9.97. The Bertz CT molecular complexity index is 995. The van der Waals surface area contributed by atoms with Crippen molar-refractivity contribution < 1.29 is 4.79 Å². The first-order chi connectivity index (χ1) is 13.9. The number of amides is 1. The number of aryl methyl sites for hydroxylation is 4. The Labute approximate surface area is 172 Å². The summed E-state index contributed by atoms with van der Waals surface area (Å²) in [7, 11) is 0. The van der Waals surface area contributed by atoms with E-state index >= 15 is 0 Å². The van der Waals surface area contributed by atoms with Crippen molar-refractivity contribution in [1.29, 1.82) is 0 Å². The van der Waals surface area contributed by atoms with Crippen molar-refractivity contribution in [1.82, 2.24) is 24.9 Å². The van der Waals surface area contributed by atoms with E-state index in [-0.39, 0.29) is 5.91 Å². The summed E-state index contributed by atoms with van der Waals surface area (Å²) in [6.45, 7) is 10.2. The van der Waals surface area contributed by atoms with E-state index in [9.17, 15) is 4.79 Å². The highest BCUT2D eigenvalue weighted by atomic mass is 16.1. The highest BCUT2D eigenvalue weighted by molar-refractivity contribution is 5.91. The molecule has 0 saturated heterocycles. The van der Waals surface area contributed by atoms with Crippen molar-refractivity contribution in [2.45, 2.75) is 47.2 Å². The van der Waals surface area contributed by atoms with Gasteiger partial charge in [-0.25, -0.2) is 0 Å². The smallest absolute Gasteiger partial charge is 0.244 e. The molecule has 1 amide bonds. The van der Waals surface area contributed by atoms with Crippen LogP contribution >= 0.6 is 0 Å². The topological polar surface area (TPSA) is 64.7 Å². The lowest BCUT2D eigenvalue weighted by molar-refractivity contribution is -0.116. The Morgan fingerprint density at radius 2 is 1.86 bits per heavy atom. The van der Waals surface area contributed by atoms with Gasteiger partial charge in [-0.3, -0.25) is 14.2 Å². The number of nitrogens with zero attached hydrogens (tertiary/aromatic N) is 4. The normalized spacial score (nSPS) is 11.3. The number of nitrogens with one attached hydrogen (secondary N) is 1. The fourth-order valence-electron chi connectivity index (χ4n) is 3.23. The molecular weight excluding hydrogens is 362 g/mol. The zero-order chi connectivity index (χ0) is 20.8. The van der Waals surface area contributed by atoms with E-state index < -0.39 is 0 Å². The number of rotatable bonds is 8. The average molecular weight is 392 g/mol. The van der Waals surface area contributed by atoms with Gasteiger partial charge in [-0.2, -0.15) is 10.2 Å². The first kappa shape index (κ1) is 20.6. The molecule has 1 N–H and O–H groups in total. The number of hydrogen-bond acceptors (Lipinski definition) is 3. The molecule has 0 bridgehead atoms. The van der Waals surface area contributed by atoms with Crippen LogP contribution in [0.25, 0.3) is 6.08 Å². The van der Waals surface area contributed by atoms with E-state index in [1.54, 1.807) is 6.08 Å². The molecule has 3 rings (SSSR count). The summed E-state index contributed by atoms with van der Waals surface area (Å²) >= 11 is 0. The number of hydrogen-bond donors (Lipinski definition) is 1. The number of carbonyl (C=O) groups is 1. The highest BCUT2D eigenvalue weighted by Gasteiger charge is 2.10. The van der Waals surface area contributed by atoms with Crippen molar-refractivity contribution in [2.75, 3.05) is 6.54 Å². The Kier molecular flexibility index (Phi) is 6.65. The highest BCUT2D eigenvalue weighted by Crippen LogP contribution is 2.16. The predicted molar refractivity (Wildman–Crippen MR) is 116 cm³/mol. The molecule has 6 nitrogen and oxygen atoms in total. The largest absolute Gasteiger partial charge is 0.352 e. The Hall–Kier alpha value is -3.15. The molecule has 0 aliphatic carbocycles. The third-order valence-electron chi connectivity index (χ3n) is 4.92. The lowest BCUT2D eigenvalue weighted by Gasteiger charge is -2.05. The van der Waals surface area contributed by atoms with Crippen LogP contribution in [0.2, 0.25) is 0 Å². The second kappa shape index (κ2) is 9.37. The average Bonchev–Trinajstić information content (AvgIpc) is 3.22. The van der Waals surface area contributed by atoms with Crippen LogP contribution < -0.4 is 5.32 Å². The third-order valence-corrected chi connectivity index (χ3v) is 4.92. The maximum absolute atomic E-state index is 12.1. The molecule has 2 aromatic heterocycles. The molecule has 0 saturated carbocycles. The monoisotopic (exact) mass is 391 g/mol. The Morgan fingerprint density at radius 1 is 1.10 bits per heavy atom.